The summed E-state index contributed by atoms with van der Waals surface area (Å²) in [6.45, 7) is 12.7. The number of carbonyl (C=O) groups excluding carboxylic acids is 2. The van der Waals surface area contributed by atoms with Gasteiger partial charge in [0.05, 0.1) is 98.8 Å². The first-order chi connectivity index (χ1) is 36.0. The van der Waals surface area contributed by atoms with Crippen LogP contribution in [0.2, 0.25) is 0 Å². The van der Waals surface area contributed by atoms with E-state index in [1.54, 1.807) is 49.1 Å². The normalized spacial score (nSPS) is 15.0. The van der Waals surface area contributed by atoms with Gasteiger partial charge in [0.15, 0.2) is 10.0 Å². The smallest absolute Gasteiger partial charge is 0.280 e. The van der Waals surface area contributed by atoms with Gasteiger partial charge >= 0.3 is 0 Å². The maximum Gasteiger partial charge on any atom is 0.280 e. The van der Waals surface area contributed by atoms with Crippen LogP contribution in [0.4, 0.5) is 11.4 Å². The van der Waals surface area contributed by atoms with E-state index in [-0.39, 0.29) is 23.0 Å². The highest BCUT2D eigenvalue weighted by molar-refractivity contribution is 7.93. The minimum atomic E-state index is -3.74. The number of pyridine rings is 2. The summed E-state index contributed by atoms with van der Waals surface area (Å²) in [7, 11) is -1.58. The maximum atomic E-state index is 14.2. The van der Waals surface area contributed by atoms with Gasteiger partial charge in [0, 0.05) is 36.2 Å². The lowest BCUT2D eigenvalue weighted by Gasteiger charge is -2.38. The zero-order valence-electron chi connectivity index (χ0n) is 43.9. The second-order valence-electron chi connectivity index (χ2n) is 20.2. The number of aromatic nitrogens is 8. The Morgan fingerprint density at radius 2 is 1.14 bits per heavy atom. The third kappa shape index (κ3) is 14.2. The van der Waals surface area contributed by atoms with Crippen molar-refractivity contribution in [3.8, 4) is 32.9 Å². The highest BCUT2D eigenvalue weighted by Crippen LogP contribution is 2.36. The predicted octanol–water partition coefficient (Wildman–Crippen LogP) is 6.88. The molecule has 0 unspecified atom stereocenters. The molecule has 2 amide bonds. The van der Waals surface area contributed by atoms with Crippen LogP contribution in [0.25, 0.3) is 21.1 Å². The third-order valence-corrected chi connectivity index (χ3v) is 19.0. The van der Waals surface area contributed by atoms with Gasteiger partial charge in [0.1, 0.15) is 11.4 Å². The van der Waals surface area contributed by atoms with E-state index in [0.29, 0.717) is 107 Å². The maximum absolute atomic E-state index is 14.2. The summed E-state index contributed by atoms with van der Waals surface area (Å²) in [5.41, 5.74) is 1.65. The van der Waals surface area contributed by atoms with Crippen LogP contribution in [0, 0.1) is 0 Å². The van der Waals surface area contributed by atoms with Crippen molar-refractivity contribution in [2.45, 2.75) is 120 Å². The second kappa shape index (κ2) is 23.1. The Bertz CT molecular complexity index is 3270. The largest absolute Gasteiger partial charge is 0.477 e. The molecule has 0 aromatic carbocycles. The molecular weight excluding hydrogens is 1050 g/mol. The number of ether oxygens (including phenoxy) is 2. The van der Waals surface area contributed by atoms with E-state index in [1.165, 1.54) is 18.6 Å². The molecule has 26 heteroatoms. The number of amides is 2. The lowest BCUT2D eigenvalue weighted by atomic mass is 9.91. The molecule has 2 aliphatic carbocycles. The standard InChI is InChI=1S/C50H64N14O8S4/c1-10-71-43-27-51-23-39(57-43)41-25-54-47(73-41)45(65)59-37(35-19-30(16-17-53-35)61-75(67,68)33-12-13-33)22-50(5,6)64(9)29-32-18-31(62-76(69,70)34-14-15-34)20-36(56-32)38(21-49(3,4)63(7)8)60-46(66)48-55-26-42(74-48)40-24-52-28-44(58-40)72-11-2/h16-20,23-28,33-34,37-38H,10-15,21-22,29H2,1-9H3,(H,53,61)(H,56,62)(H,59,65)(H,60,66)/t37-,38+/m0/s1. The van der Waals surface area contributed by atoms with Gasteiger partial charge in [-0.15, -0.1) is 22.7 Å². The summed E-state index contributed by atoms with van der Waals surface area (Å²) in [6.07, 6.45) is 13.6. The molecule has 76 heavy (non-hydrogen) atoms. The van der Waals surface area contributed by atoms with Crippen LogP contribution in [-0.4, -0.2) is 134 Å². The van der Waals surface area contributed by atoms with E-state index in [2.05, 4.69) is 55.0 Å². The average Bonchev–Trinajstić information content (AvgIpc) is 4.31. The molecule has 6 aromatic rings. The SMILES string of the molecule is CCOc1cncc(-c2cnc(C(=O)N[C@@H](CC(C)(C)N(C)Cc3cc(NS(=O)(=O)C4CC4)cc([C@@H](CC(C)(C)N(C)C)NC(=O)c4ncc(-c5cncc(OCC)n5)s4)n3)c3cc(NS(=O)(=O)C4CC4)ccn3)s2)n1. The van der Waals surface area contributed by atoms with Crippen LogP contribution >= 0.6 is 22.7 Å². The number of hydrogen-bond acceptors (Lipinski definition) is 20. The number of nitrogens with zero attached hydrogens (tertiary/aromatic N) is 10. The van der Waals surface area contributed by atoms with Gasteiger partial charge in [-0.05, 0) is 125 Å². The van der Waals surface area contributed by atoms with E-state index < -0.39 is 65.5 Å². The number of thiazole rings is 2. The number of rotatable bonds is 26. The lowest BCUT2D eigenvalue weighted by Crippen LogP contribution is -2.45. The number of nitrogens with one attached hydrogen (secondary N) is 4. The van der Waals surface area contributed by atoms with Crippen LogP contribution in [0.1, 0.15) is 129 Å². The van der Waals surface area contributed by atoms with Crippen LogP contribution in [-0.2, 0) is 26.6 Å². The molecule has 0 saturated heterocycles. The summed E-state index contributed by atoms with van der Waals surface area (Å²) >= 11 is 2.28. The monoisotopic (exact) mass is 1120 g/mol. The van der Waals surface area contributed by atoms with Gasteiger partial charge < -0.3 is 25.0 Å². The summed E-state index contributed by atoms with van der Waals surface area (Å²) in [5.74, 6) is -0.264. The van der Waals surface area contributed by atoms with E-state index in [0.717, 1.165) is 22.7 Å². The Morgan fingerprint density at radius 1 is 0.658 bits per heavy atom. The molecule has 2 saturated carbocycles. The molecule has 6 heterocycles. The zero-order valence-corrected chi connectivity index (χ0v) is 47.2. The summed E-state index contributed by atoms with van der Waals surface area (Å²) in [6, 6.07) is 5.03. The predicted molar refractivity (Wildman–Crippen MR) is 291 cm³/mol. The average molecular weight is 1120 g/mol. The van der Waals surface area contributed by atoms with E-state index in [1.807, 2.05) is 72.5 Å². The van der Waals surface area contributed by atoms with Gasteiger partial charge in [0.2, 0.25) is 31.8 Å². The van der Waals surface area contributed by atoms with Crippen LogP contribution < -0.4 is 29.6 Å². The Kier molecular flexibility index (Phi) is 17.0. The van der Waals surface area contributed by atoms with Crippen LogP contribution in [0.15, 0.2) is 67.6 Å². The van der Waals surface area contributed by atoms with Crippen molar-refractivity contribution in [1.29, 1.82) is 0 Å². The minimum Gasteiger partial charge on any atom is -0.477 e. The zero-order chi connectivity index (χ0) is 54.6. The number of sulfonamides is 2. The second-order valence-corrected chi connectivity index (χ2v) is 26.2. The molecular formula is C50H64N14O8S4. The Hall–Kier alpha value is -6.32. The van der Waals surface area contributed by atoms with Crippen molar-refractivity contribution < 1.29 is 35.9 Å². The van der Waals surface area contributed by atoms with Gasteiger partial charge in [0.25, 0.3) is 11.8 Å². The fourth-order valence-electron chi connectivity index (χ4n) is 7.94. The van der Waals surface area contributed by atoms with Crippen molar-refractivity contribution in [1.82, 2.24) is 60.3 Å². The molecule has 8 rings (SSSR count). The van der Waals surface area contributed by atoms with E-state index in [9.17, 15) is 26.4 Å². The summed E-state index contributed by atoms with van der Waals surface area (Å²) in [5, 5.41) is 5.65. The fourth-order valence-corrected chi connectivity index (χ4v) is 12.2. The topological polar surface area (TPSA) is 279 Å². The number of hydrogen-bond donors (Lipinski definition) is 4. The first-order valence-corrected chi connectivity index (χ1v) is 29.6. The van der Waals surface area contributed by atoms with Crippen LogP contribution in [0.5, 0.6) is 11.8 Å². The third-order valence-electron chi connectivity index (χ3n) is 13.2. The van der Waals surface area contributed by atoms with Crippen molar-refractivity contribution in [3.63, 3.8) is 0 Å². The highest BCUT2D eigenvalue weighted by Gasteiger charge is 2.38. The first kappa shape index (κ1) is 55.9. The number of anilines is 2. The van der Waals surface area contributed by atoms with Crippen LogP contribution in [0.3, 0.4) is 0 Å². The highest BCUT2D eigenvalue weighted by atomic mass is 32.2. The molecule has 4 N–H and O–H groups in total. The first-order valence-electron chi connectivity index (χ1n) is 24.8. The lowest BCUT2D eigenvalue weighted by molar-refractivity contribution is 0.0882. The summed E-state index contributed by atoms with van der Waals surface area (Å²) < 4.78 is 69.8. The molecule has 2 aliphatic rings. The quantitative estimate of drug-likeness (QED) is 0.0430. The Labute approximate surface area is 451 Å². The number of carbonyl (C=O) groups is 2. The minimum absolute atomic E-state index is 0.151. The van der Waals surface area contributed by atoms with Crippen molar-refractivity contribution >= 4 is 65.9 Å². The molecule has 406 valence electrons. The molecule has 22 nitrogen and oxygen atoms in total. The van der Waals surface area contributed by atoms with Gasteiger partial charge in [-0.1, -0.05) is 0 Å². The Balaban J connectivity index is 1.09. The van der Waals surface area contributed by atoms with Crippen molar-refractivity contribution in [2.24, 2.45) is 0 Å². The molecule has 0 bridgehead atoms. The molecule has 6 aromatic heterocycles. The van der Waals surface area contributed by atoms with E-state index in [4.69, 9.17) is 14.5 Å². The molecule has 0 radical (unpaired) electrons. The molecule has 2 atom stereocenters. The van der Waals surface area contributed by atoms with E-state index >= 15 is 0 Å². The van der Waals surface area contributed by atoms with Gasteiger partial charge in [-0.2, -0.15) is 0 Å². The van der Waals surface area contributed by atoms with Crippen molar-refractivity contribution in [3.05, 3.63) is 94.7 Å². The molecule has 2 fully saturated rings. The molecule has 0 spiro atoms. The Morgan fingerprint density at radius 3 is 1.64 bits per heavy atom. The van der Waals surface area contributed by atoms with Gasteiger partial charge in [-0.25, -0.2) is 36.8 Å². The molecule has 0 aliphatic heterocycles. The van der Waals surface area contributed by atoms with Gasteiger partial charge in [-0.3, -0.25) is 43.9 Å². The van der Waals surface area contributed by atoms with Crippen molar-refractivity contribution in [2.75, 3.05) is 43.8 Å². The summed E-state index contributed by atoms with van der Waals surface area (Å²) in [4.78, 5) is 69.9. The fraction of sp³-hybridized carbons (Fsp3) is 0.480.